The molecule has 0 spiro atoms. The molecule has 34 heavy (non-hydrogen) atoms. The lowest BCUT2D eigenvalue weighted by molar-refractivity contribution is -0.114. The smallest absolute Gasteiger partial charge is 0.265 e. The van der Waals surface area contributed by atoms with Gasteiger partial charge in [-0.05, 0) is 60.5 Å². The fourth-order valence-electron chi connectivity index (χ4n) is 4.54. The Morgan fingerprint density at radius 3 is 2.32 bits per heavy atom. The summed E-state index contributed by atoms with van der Waals surface area (Å²) < 4.78 is 54.5. The normalized spacial score (nSPS) is 18.3. The molecular formula is C24H25N3O5S2. The van der Waals surface area contributed by atoms with Gasteiger partial charge in [-0.2, -0.15) is 4.31 Å². The number of carbonyl (C=O) groups is 1. The number of nitrogens with zero attached hydrogens (tertiary/aromatic N) is 2. The second-order valence-electron chi connectivity index (χ2n) is 8.80. The van der Waals surface area contributed by atoms with Gasteiger partial charge in [0, 0.05) is 24.2 Å². The van der Waals surface area contributed by atoms with Crippen LogP contribution in [0.3, 0.4) is 0 Å². The highest BCUT2D eigenvalue weighted by atomic mass is 32.2. The molecule has 0 aromatic heterocycles. The van der Waals surface area contributed by atoms with E-state index in [1.807, 2.05) is 12.1 Å². The maximum atomic E-state index is 13.1. The van der Waals surface area contributed by atoms with E-state index in [0.29, 0.717) is 35.8 Å². The highest BCUT2D eigenvalue weighted by Crippen LogP contribution is 2.41. The van der Waals surface area contributed by atoms with E-state index in [9.17, 15) is 21.6 Å². The van der Waals surface area contributed by atoms with E-state index in [1.54, 1.807) is 24.3 Å². The Labute approximate surface area is 199 Å². The van der Waals surface area contributed by atoms with Crippen LogP contribution in [0.5, 0.6) is 0 Å². The van der Waals surface area contributed by atoms with Crippen molar-refractivity contribution in [2.45, 2.75) is 29.6 Å². The summed E-state index contributed by atoms with van der Waals surface area (Å²) in [6.45, 7) is 2.74. The van der Waals surface area contributed by atoms with Crippen LogP contribution in [0.4, 0.5) is 11.4 Å². The van der Waals surface area contributed by atoms with Crippen LogP contribution in [0.1, 0.15) is 19.8 Å². The average Bonchev–Trinajstić information content (AvgIpc) is 3.03. The zero-order chi connectivity index (χ0) is 24.1. The summed E-state index contributed by atoms with van der Waals surface area (Å²) in [6.07, 6.45) is 1.68. The number of hydrogen-bond donors (Lipinski definition) is 1. The van der Waals surface area contributed by atoms with Gasteiger partial charge >= 0.3 is 0 Å². The standard InChI is InChI=1S/C24H25N3O5S2/c1-17-12-14-26(15-13-17)33(29,30)20-10-8-19(9-11-20)25-23(28)16-27-21-6-2-4-18-5-3-7-22(24(18)21)34(27,31)32/h2-11,17H,12-16H2,1H3,(H,25,28). The van der Waals surface area contributed by atoms with Gasteiger partial charge in [0.25, 0.3) is 10.0 Å². The van der Waals surface area contributed by atoms with Crippen LogP contribution in [0.2, 0.25) is 0 Å². The molecule has 3 aromatic carbocycles. The first-order valence-electron chi connectivity index (χ1n) is 11.1. The Morgan fingerprint density at radius 1 is 1.00 bits per heavy atom. The van der Waals surface area contributed by atoms with Crippen molar-refractivity contribution in [3.05, 3.63) is 60.7 Å². The number of nitrogens with one attached hydrogen (secondary N) is 1. The Hall–Kier alpha value is -2.95. The first kappa shape index (κ1) is 22.8. The zero-order valence-electron chi connectivity index (χ0n) is 18.6. The van der Waals surface area contributed by atoms with Gasteiger partial charge in [0.15, 0.2) is 0 Å². The Bertz CT molecular complexity index is 1470. The van der Waals surface area contributed by atoms with Crippen molar-refractivity contribution in [3.63, 3.8) is 0 Å². The highest BCUT2D eigenvalue weighted by Gasteiger charge is 2.36. The molecule has 0 unspecified atom stereocenters. The van der Waals surface area contributed by atoms with Crippen molar-refractivity contribution in [3.8, 4) is 0 Å². The summed E-state index contributed by atoms with van der Waals surface area (Å²) in [6, 6.07) is 16.3. The minimum Gasteiger partial charge on any atom is -0.325 e. The van der Waals surface area contributed by atoms with Crippen molar-refractivity contribution < 1.29 is 21.6 Å². The van der Waals surface area contributed by atoms with Gasteiger partial charge in [0.05, 0.1) is 15.5 Å². The number of piperidine rings is 1. The summed E-state index contributed by atoms with van der Waals surface area (Å²) in [7, 11) is -7.43. The predicted octanol–water partition coefficient (Wildman–Crippen LogP) is 3.41. The fourth-order valence-corrected chi connectivity index (χ4v) is 7.68. The summed E-state index contributed by atoms with van der Waals surface area (Å²) in [4.78, 5) is 13.1. The fraction of sp³-hybridized carbons (Fsp3) is 0.292. The monoisotopic (exact) mass is 499 g/mol. The lowest BCUT2D eigenvalue weighted by Crippen LogP contribution is -2.37. The third-order valence-corrected chi connectivity index (χ3v) is 10.2. The molecule has 0 saturated carbocycles. The number of anilines is 2. The van der Waals surface area contributed by atoms with Crippen molar-refractivity contribution >= 4 is 48.1 Å². The molecule has 2 heterocycles. The van der Waals surface area contributed by atoms with Crippen molar-refractivity contribution in [1.29, 1.82) is 0 Å². The summed E-state index contributed by atoms with van der Waals surface area (Å²) in [5.74, 6) is -0.00255. The Morgan fingerprint density at radius 2 is 1.65 bits per heavy atom. The lowest BCUT2D eigenvalue weighted by atomic mass is 10.0. The van der Waals surface area contributed by atoms with Crippen LogP contribution >= 0.6 is 0 Å². The molecule has 2 aliphatic rings. The maximum Gasteiger partial charge on any atom is 0.265 e. The maximum absolute atomic E-state index is 13.1. The van der Waals surface area contributed by atoms with E-state index in [4.69, 9.17) is 0 Å². The van der Waals surface area contributed by atoms with Gasteiger partial charge in [0.2, 0.25) is 15.9 Å². The van der Waals surface area contributed by atoms with E-state index in [0.717, 1.165) is 22.5 Å². The first-order chi connectivity index (χ1) is 16.2. The molecule has 0 radical (unpaired) electrons. The molecule has 0 aliphatic carbocycles. The molecule has 10 heteroatoms. The van der Waals surface area contributed by atoms with E-state index < -0.39 is 26.0 Å². The number of hydrogen-bond acceptors (Lipinski definition) is 5. The molecule has 0 atom stereocenters. The quantitative estimate of drug-likeness (QED) is 0.579. The number of sulfonamides is 2. The van der Waals surface area contributed by atoms with E-state index in [-0.39, 0.29) is 16.3 Å². The molecule has 1 amide bonds. The van der Waals surface area contributed by atoms with Gasteiger partial charge in [0.1, 0.15) is 6.54 Å². The average molecular weight is 500 g/mol. The van der Waals surface area contributed by atoms with Crippen molar-refractivity contribution in [1.82, 2.24) is 4.31 Å². The molecule has 2 aliphatic heterocycles. The minimum absolute atomic E-state index is 0.171. The van der Waals surface area contributed by atoms with E-state index in [2.05, 4.69) is 12.2 Å². The third kappa shape index (κ3) is 3.85. The van der Waals surface area contributed by atoms with Crippen LogP contribution in [0, 0.1) is 5.92 Å². The molecule has 0 bridgehead atoms. The number of benzene rings is 3. The second kappa shape index (κ2) is 8.37. The van der Waals surface area contributed by atoms with Crippen LogP contribution in [-0.4, -0.2) is 46.7 Å². The summed E-state index contributed by atoms with van der Waals surface area (Å²) in [5.41, 5.74) is 0.865. The molecular weight excluding hydrogens is 474 g/mol. The van der Waals surface area contributed by atoms with Crippen LogP contribution < -0.4 is 9.62 Å². The van der Waals surface area contributed by atoms with Gasteiger partial charge < -0.3 is 5.32 Å². The van der Waals surface area contributed by atoms with Crippen molar-refractivity contribution in [2.75, 3.05) is 29.3 Å². The van der Waals surface area contributed by atoms with Crippen LogP contribution in [0.15, 0.2) is 70.5 Å². The Kier molecular flexibility index (Phi) is 5.62. The van der Waals surface area contributed by atoms with Gasteiger partial charge in [-0.3, -0.25) is 9.10 Å². The molecule has 8 nitrogen and oxygen atoms in total. The number of rotatable bonds is 5. The van der Waals surface area contributed by atoms with Gasteiger partial charge in [-0.15, -0.1) is 0 Å². The lowest BCUT2D eigenvalue weighted by Gasteiger charge is -2.29. The zero-order valence-corrected chi connectivity index (χ0v) is 20.3. The van der Waals surface area contributed by atoms with Gasteiger partial charge in [-0.25, -0.2) is 16.8 Å². The van der Waals surface area contributed by atoms with E-state index in [1.165, 1.54) is 28.6 Å². The van der Waals surface area contributed by atoms with Crippen molar-refractivity contribution in [2.24, 2.45) is 5.92 Å². The van der Waals surface area contributed by atoms with Crippen LogP contribution in [-0.2, 0) is 24.8 Å². The molecule has 178 valence electrons. The minimum atomic E-state index is -3.84. The predicted molar refractivity (Wildman–Crippen MR) is 131 cm³/mol. The molecule has 1 fully saturated rings. The Balaban J connectivity index is 1.31. The summed E-state index contributed by atoms with van der Waals surface area (Å²) >= 11 is 0. The van der Waals surface area contributed by atoms with Crippen LogP contribution in [0.25, 0.3) is 10.8 Å². The topological polar surface area (TPSA) is 104 Å². The SMILES string of the molecule is CC1CCN(S(=O)(=O)c2ccc(NC(=O)CN3c4cccc5cccc(c45)S3(=O)=O)cc2)CC1. The molecule has 1 saturated heterocycles. The van der Waals surface area contributed by atoms with Gasteiger partial charge in [-0.1, -0.05) is 31.2 Å². The first-order valence-corrected chi connectivity index (χ1v) is 14.0. The summed E-state index contributed by atoms with van der Waals surface area (Å²) in [5, 5.41) is 4.08. The largest absolute Gasteiger partial charge is 0.325 e. The molecule has 5 rings (SSSR count). The number of amides is 1. The van der Waals surface area contributed by atoms with E-state index >= 15 is 0 Å². The second-order valence-corrected chi connectivity index (χ2v) is 12.6. The molecule has 1 N–H and O–H groups in total. The highest BCUT2D eigenvalue weighted by molar-refractivity contribution is 7.93. The number of carbonyl (C=O) groups excluding carboxylic acids is 1. The third-order valence-electron chi connectivity index (χ3n) is 6.49. The molecule has 3 aromatic rings.